The van der Waals surface area contributed by atoms with E-state index in [0.29, 0.717) is 6.61 Å². The Morgan fingerprint density at radius 2 is 2.18 bits per heavy atom. The maximum atomic E-state index is 9.73. The summed E-state index contributed by atoms with van der Waals surface area (Å²) in [7, 11) is 0. The number of aliphatic hydroxyl groups excluding tert-OH is 1. The van der Waals surface area contributed by atoms with E-state index in [1.807, 2.05) is 6.08 Å². The molecule has 0 fully saturated rings. The van der Waals surface area contributed by atoms with E-state index >= 15 is 0 Å². The van der Waals surface area contributed by atoms with Crippen molar-refractivity contribution in [2.24, 2.45) is 16.0 Å². The van der Waals surface area contributed by atoms with Gasteiger partial charge in [0.15, 0.2) is 0 Å². The second-order valence-electron chi connectivity index (χ2n) is 6.81. The Morgan fingerprint density at radius 3 is 2.71 bits per heavy atom. The highest BCUT2D eigenvalue weighted by Gasteiger charge is 2.27. The van der Waals surface area contributed by atoms with Crippen LogP contribution in [0.25, 0.3) is 0 Å². The van der Waals surface area contributed by atoms with Crippen molar-refractivity contribution in [3.05, 3.63) is 11.6 Å². The summed E-state index contributed by atoms with van der Waals surface area (Å²) in [5.74, 6) is 0. The van der Waals surface area contributed by atoms with Crippen molar-refractivity contribution in [3.63, 3.8) is 0 Å². The predicted octanol–water partition coefficient (Wildman–Crippen LogP) is 3.14. The SMILES string of the molecule is CC(C)(C)C=NOCC1=CC(O)CC(C)(C)C1. The quantitative estimate of drug-likeness (QED) is 0.467. The van der Waals surface area contributed by atoms with Gasteiger partial charge in [-0.15, -0.1) is 0 Å². The summed E-state index contributed by atoms with van der Waals surface area (Å²) >= 11 is 0. The lowest BCUT2D eigenvalue weighted by molar-refractivity contribution is 0.117. The predicted molar refractivity (Wildman–Crippen MR) is 71.0 cm³/mol. The lowest BCUT2D eigenvalue weighted by Gasteiger charge is -2.32. The average Bonchev–Trinajstić information content (AvgIpc) is 2.07. The van der Waals surface area contributed by atoms with Crippen LogP contribution < -0.4 is 0 Å². The third-order valence-corrected chi connectivity index (χ3v) is 2.66. The monoisotopic (exact) mass is 239 g/mol. The number of oxime groups is 1. The van der Waals surface area contributed by atoms with Crippen molar-refractivity contribution < 1.29 is 9.94 Å². The van der Waals surface area contributed by atoms with Crippen molar-refractivity contribution >= 4 is 6.21 Å². The number of hydrogen-bond donors (Lipinski definition) is 1. The van der Waals surface area contributed by atoms with Crippen molar-refractivity contribution in [2.45, 2.75) is 53.6 Å². The van der Waals surface area contributed by atoms with Gasteiger partial charge in [0.2, 0.25) is 0 Å². The third-order valence-electron chi connectivity index (χ3n) is 2.66. The summed E-state index contributed by atoms with van der Waals surface area (Å²) in [4.78, 5) is 5.28. The van der Waals surface area contributed by atoms with Crippen LogP contribution in [-0.2, 0) is 4.84 Å². The highest BCUT2D eigenvalue weighted by atomic mass is 16.6. The van der Waals surface area contributed by atoms with Crippen LogP contribution in [0.1, 0.15) is 47.5 Å². The fourth-order valence-electron chi connectivity index (χ4n) is 2.06. The van der Waals surface area contributed by atoms with Gasteiger partial charge >= 0.3 is 0 Å². The van der Waals surface area contributed by atoms with Crippen LogP contribution in [0, 0.1) is 10.8 Å². The minimum absolute atomic E-state index is 0.0414. The topological polar surface area (TPSA) is 41.8 Å². The molecule has 1 aliphatic rings. The highest BCUT2D eigenvalue weighted by Crippen LogP contribution is 2.35. The lowest BCUT2D eigenvalue weighted by Crippen LogP contribution is -2.26. The molecule has 0 saturated carbocycles. The summed E-state index contributed by atoms with van der Waals surface area (Å²) in [5, 5.41) is 13.7. The molecular formula is C14H25NO2. The lowest BCUT2D eigenvalue weighted by atomic mass is 9.76. The molecule has 3 heteroatoms. The second kappa shape index (κ2) is 5.21. The van der Waals surface area contributed by atoms with Crippen molar-refractivity contribution in [1.29, 1.82) is 0 Å². The van der Waals surface area contributed by atoms with Gasteiger partial charge in [0.25, 0.3) is 0 Å². The molecule has 0 saturated heterocycles. The number of aliphatic hydroxyl groups is 1. The molecule has 1 N–H and O–H groups in total. The molecule has 1 unspecified atom stereocenters. The van der Waals surface area contributed by atoms with Crippen LogP contribution in [0.5, 0.6) is 0 Å². The zero-order chi connectivity index (χ0) is 13.1. The Hall–Kier alpha value is -0.830. The number of rotatable bonds is 3. The summed E-state index contributed by atoms with van der Waals surface area (Å²) in [6.45, 7) is 11.0. The van der Waals surface area contributed by atoms with Crippen LogP contribution in [-0.4, -0.2) is 24.0 Å². The first-order chi connectivity index (χ1) is 7.68. The zero-order valence-corrected chi connectivity index (χ0v) is 11.7. The minimum Gasteiger partial charge on any atom is -0.392 e. The molecule has 1 atom stereocenters. The first-order valence-electron chi connectivity index (χ1n) is 6.22. The van der Waals surface area contributed by atoms with Crippen LogP contribution in [0.2, 0.25) is 0 Å². The van der Waals surface area contributed by atoms with Gasteiger partial charge in [-0.1, -0.05) is 45.9 Å². The fourth-order valence-corrected chi connectivity index (χ4v) is 2.06. The van der Waals surface area contributed by atoms with Gasteiger partial charge in [0.05, 0.1) is 6.10 Å². The fraction of sp³-hybridized carbons (Fsp3) is 0.786. The molecular weight excluding hydrogens is 214 g/mol. The maximum Gasteiger partial charge on any atom is 0.138 e. The first-order valence-corrected chi connectivity index (χ1v) is 6.22. The van der Waals surface area contributed by atoms with Gasteiger partial charge in [-0.05, 0) is 23.8 Å². The Morgan fingerprint density at radius 1 is 1.53 bits per heavy atom. The Bertz CT molecular complexity index is 311. The zero-order valence-electron chi connectivity index (χ0n) is 11.7. The van der Waals surface area contributed by atoms with Gasteiger partial charge < -0.3 is 9.94 Å². The van der Waals surface area contributed by atoms with E-state index in [4.69, 9.17) is 4.84 Å². The molecule has 1 aliphatic carbocycles. The van der Waals surface area contributed by atoms with Crippen LogP contribution in [0.3, 0.4) is 0 Å². The van der Waals surface area contributed by atoms with E-state index in [9.17, 15) is 5.11 Å². The summed E-state index contributed by atoms with van der Waals surface area (Å²) in [6.07, 6.45) is 5.15. The number of hydrogen-bond acceptors (Lipinski definition) is 3. The molecule has 0 heterocycles. The standard InChI is InChI=1S/C14H25NO2/c1-13(2,3)10-15-17-9-11-6-12(16)8-14(4,5)7-11/h6,10,12,16H,7-9H2,1-5H3. The average molecular weight is 239 g/mol. The van der Waals surface area contributed by atoms with E-state index in [1.54, 1.807) is 6.21 Å². The molecule has 0 aliphatic heterocycles. The van der Waals surface area contributed by atoms with E-state index in [2.05, 4.69) is 39.8 Å². The molecule has 0 spiro atoms. The van der Waals surface area contributed by atoms with E-state index in [-0.39, 0.29) is 16.9 Å². The van der Waals surface area contributed by atoms with E-state index < -0.39 is 0 Å². The molecule has 98 valence electrons. The molecule has 0 aromatic heterocycles. The van der Waals surface area contributed by atoms with Crippen molar-refractivity contribution in [1.82, 2.24) is 0 Å². The molecule has 3 nitrogen and oxygen atoms in total. The highest BCUT2D eigenvalue weighted by molar-refractivity contribution is 5.63. The summed E-state index contributed by atoms with van der Waals surface area (Å²) in [6, 6.07) is 0. The van der Waals surface area contributed by atoms with Crippen LogP contribution in [0.15, 0.2) is 16.8 Å². The molecule has 0 aromatic carbocycles. The Labute approximate surface area is 105 Å². The Balaban J connectivity index is 2.45. The largest absolute Gasteiger partial charge is 0.392 e. The van der Waals surface area contributed by atoms with Crippen LogP contribution >= 0.6 is 0 Å². The van der Waals surface area contributed by atoms with Gasteiger partial charge in [0, 0.05) is 11.6 Å². The molecule has 0 radical (unpaired) electrons. The van der Waals surface area contributed by atoms with E-state index in [1.165, 1.54) is 0 Å². The summed E-state index contributed by atoms with van der Waals surface area (Å²) in [5.41, 5.74) is 1.33. The Kier molecular flexibility index (Phi) is 4.36. The normalized spacial score (nSPS) is 24.8. The van der Waals surface area contributed by atoms with Gasteiger partial charge in [-0.25, -0.2) is 0 Å². The van der Waals surface area contributed by atoms with Crippen molar-refractivity contribution in [2.75, 3.05) is 6.61 Å². The first kappa shape index (κ1) is 14.2. The summed E-state index contributed by atoms with van der Waals surface area (Å²) < 4.78 is 0. The van der Waals surface area contributed by atoms with Crippen molar-refractivity contribution in [3.8, 4) is 0 Å². The van der Waals surface area contributed by atoms with E-state index in [0.717, 1.165) is 18.4 Å². The second-order valence-corrected chi connectivity index (χ2v) is 6.81. The van der Waals surface area contributed by atoms with Gasteiger partial charge in [0.1, 0.15) is 6.61 Å². The molecule has 1 rings (SSSR count). The number of nitrogens with zero attached hydrogens (tertiary/aromatic N) is 1. The molecule has 0 amide bonds. The minimum atomic E-state index is -0.344. The van der Waals surface area contributed by atoms with Crippen LogP contribution in [0.4, 0.5) is 0 Å². The van der Waals surface area contributed by atoms with Gasteiger partial charge in [-0.2, -0.15) is 0 Å². The smallest absolute Gasteiger partial charge is 0.138 e. The third kappa shape index (κ3) is 5.87. The maximum absolute atomic E-state index is 9.73. The molecule has 0 aromatic rings. The van der Waals surface area contributed by atoms with Gasteiger partial charge in [-0.3, -0.25) is 0 Å². The molecule has 0 bridgehead atoms. The molecule has 17 heavy (non-hydrogen) atoms.